The highest BCUT2D eigenvalue weighted by Crippen LogP contribution is 2.39. The first-order chi connectivity index (χ1) is 12.1. The fraction of sp³-hybridized carbons (Fsp3) is 0.636. The third kappa shape index (κ3) is 5.08. The largest absolute Gasteiger partial charge is 0.333 e. The summed E-state index contributed by atoms with van der Waals surface area (Å²) in [5, 5.41) is 14.4. The number of amides is 1. The van der Waals surface area contributed by atoms with E-state index in [-0.39, 0.29) is 17.4 Å². The summed E-state index contributed by atoms with van der Waals surface area (Å²) in [5.41, 5.74) is 1.98. The molecule has 26 heavy (non-hydrogen) atoms. The molecule has 4 nitrogen and oxygen atoms in total. The number of quaternary nitrogens is 1. The maximum absolute atomic E-state index is 12.4. The summed E-state index contributed by atoms with van der Waals surface area (Å²) in [4.78, 5) is 12.4. The van der Waals surface area contributed by atoms with E-state index >= 15 is 0 Å². The van der Waals surface area contributed by atoms with Crippen LogP contribution in [0.5, 0.6) is 0 Å². The van der Waals surface area contributed by atoms with Crippen molar-refractivity contribution < 1.29 is 10.1 Å². The molecule has 0 spiro atoms. The number of carbonyl (C=O) groups excluding carboxylic acids is 1. The second kappa shape index (κ2) is 7.80. The van der Waals surface area contributed by atoms with Gasteiger partial charge in [0.2, 0.25) is 0 Å². The molecule has 1 aromatic carbocycles. The molecule has 1 amide bonds. The van der Waals surface area contributed by atoms with Crippen LogP contribution in [0.3, 0.4) is 0 Å². The predicted octanol–water partition coefficient (Wildman–Crippen LogP) is 3.05. The van der Waals surface area contributed by atoms with Gasteiger partial charge in [0.25, 0.3) is 5.91 Å². The summed E-state index contributed by atoms with van der Waals surface area (Å²) in [5.74, 6) is 0.661. The fourth-order valence-corrected chi connectivity index (χ4v) is 3.46. The Balaban J connectivity index is 2.00. The molecule has 0 aromatic heterocycles. The van der Waals surface area contributed by atoms with Crippen molar-refractivity contribution in [2.75, 3.05) is 6.54 Å². The highest BCUT2D eigenvalue weighted by molar-refractivity contribution is 5.78. The van der Waals surface area contributed by atoms with E-state index in [0.717, 1.165) is 12.8 Å². The van der Waals surface area contributed by atoms with Crippen molar-refractivity contribution in [3.63, 3.8) is 0 Å². The average Bonchev–Trinajstić information content (AvgIpc) is 3.39. The highest BCUT2D eigenvalue weighted by Gasteiger charge is 2.43. The molecule has 3 N–H and O–H groups in total. The maximum atomic E-state index is 12.4. The molecular weight excluding hydrogens is 322 g/mol. The van der Waals surface area contributed by atoms with Gasteiger partial charge in [0.15, 0.2) is 6.54 Å². The van der Waals surface area contributed by atoms with Gasteiger partial charge in [-0.05, 0) is 36.7 Å². The van der Waals surface area contributed by atoms with Gasteiger partial charge in [0.1, 0.15) is 11.6 Å². The number of hydrogen-bond donors (Lipinski definition) is 2. The van der Waals surface area contributed by atoms with Crippen LogP contribution in [-0.2, 0) is 10.2 Å². The Labute approximate surface area is 158 Å². The lowest BCUT2D eigenvalue weighted by Crippen LogP contribution is -2.88. The zero-order chi connectivity index (χ0) is 19.5. The summed E-state index contributed by atoms with van der Waals surface area (Å²) < 4.78 is 0. The van der Waals surface area contributed by atoms with E-state index in [1.165, 1.54) is 11.1 Å². The normalized spacial score (nSPS) is 18.1. The van der Waals surface area contributed by atoms with E-state index in [4.69, 9.17) is 0 Å². The Morgan fingerprint density at radius 2 is 1.81 bits per heavy atom. The topological polar surface area (TPSA) is 69.5 Å². The summed E-state index contributed by atoms with van der Waals surface area (Å²) in [6.45, 7) is 13.2. The van der Waals surface area contributed by atoms with Crippen molar-refractivity contribution in [1.82, 2.24) is 5.32 Å². The molecular formula is C22H34N3O+. The number of nitrogens with zero attached hydrogens (tertiary/aromatic N) is 1. The molecule has 0 heterocycles. The minimum Gasteiger partial charge on any atom is -0.333 e. The summed E-state index contributed by atoms with van der Waals surface area (Å²) in [6.07, 6.45) is 2.06. The van der Waals surface area contributed by atoms with Crippen LogP contribution in [-0.4, -0.2) is 18.0 Å². The number of nitrogens with two attached hydrogens (primary N) is 1. The zero-order valence-corrected chi connectivity index (χ0v) is 17.1. The predicted molar refractivity (Wildman–Crippen MR) is 104 cm³/mol. The first-order valence-corrected chi connectivity index (χ1v) is 9.73. The minimum absolute atomic E-state index is 0.0575. The molecule has 1 fully saturated rings. The molecule has 0 unspecified atom stereocenters. The van der Waals surface area contributed by atoms with E-state index < -0.39 is 5.54 Å². The zero-order valence-electron chi connectivity index (χ0n) is 17.1. The second-order valence-electron chi connectivity index (χ2n) is 9.22. The summed E-state index contributed by atoms with van der Waals surface area (Å²) in [7, 11) is 0. The SMILES string of the molecule is CC(C)[C@H]([NH2+]CC(=O)N[C@@](C)(C#N)C1CC1)c1ccc(C(C)(C)C)cc1. The van der Waals surface area contributed by atoms with Crippen LogP contribution < -0.4 is 10.6 Å². The van der Waals surface area contributed by atoms with Crippen molar-refractivity contribution in [3.05, 3.63) is 35.4 Å². The Morgan fingerprint density at radius 1 is 1.23 bits per heavy atom. The lowest BCUT2D eigenvalue weighted by atomic mass is 9.85. The Hall–Kier alpha value is -1.86. The van der Waals surface area contributed by atoms with Gasteiger partial charge in [-0.1, -0.05) is 58.9 Å². The van der Waals surface area contributed by atoms with Crippen molar-refractivity contribution in [3.8, 4) is 6.07 Å². The monoisotopic (exact) mass is 356 g/mol. The van der Waals surface area contributed by atoms with Gasteiger partial charge < -0.3 is 10.6 Å². The van der Waals surface area contributed by atoms with Gasteiger partial charge in [-0.2, -0.15) is 5.26 Å². The maximum Gasteiger partial charge on any atom is 0.276 e. The van der Waals surface area contributed by atoms with Crippen LogP contribution in [0.15, 0.2) is 24.3 Å². The van der Waals surface area contributed by atoms with E-state index in [2.05, 4.69) is 75.6 Å². The molecule has 0 bridgehead atoms. The number of nitriles is 1. The first-order valence-electron chi connectivity index (χ1n) is 9.73. The van der Waals surface area contributed by atoms with Crippen molar-refractivity contribution in [2.45, 2.75) is 71.4 Å². The molecule has 2 atom stereocenters. The molecule has 0 radical (unpaired) electrons. The van der Waals surface area contributed by atoms with Gasteiger partial charge in [0, 0.05) is 11.5 Å². The van der Waals surface area contributed by atoms with E-state index in [1.54, 1.807) is 0 Å². The van der Waals surface area contributed by atoms with E-state index in [1.807, 2.05) is 6.92 Å². The van der Waals surface area contributed by atoms with Crippen molar-refractivity contribution >= 4 is 5.91 Å². The summed E-state index contributed by atoms with van der Waals surface area (Å²) in [6, 6.07) is 11.3. The van der Waals surface area contributed by atoms with Crippen molar-refractivity contribution in [2.24, 2.45) is 11.8 Å². The summed E-state index contributed by atoms with van der Waals surface area (Å²) >= 11 is 0. The van der Waals surface area contributed by atoms with E-state index in [0.29, 0.717) is 18.4 Å². The molecule has 1 aliphatic rings. The highest BCUT2D eigenvalue weighted by atomic mass is 16.2. The fourth-order valence-electron chi connectivity index (χ4n) is 3.46. The lowest BCUT2D eigenvalue weighted by Gasteiger charge is -2.25. The van der Waals surface area contributed by atoms with Crippen LogP contribution in [0.2, 0.25) is 0 Å². The number of hydrogen-bond acceptors (Lipinski definition) is 2. The third-order valence-corrected chi connectivity index (χ3v) is 5.46. The number of rotatable bonds is 7. The first kappa shape index (κ1) is 20.5. The standard InChI is InChI=1S/C22H33N3O/c1-15(2)20(16-7-9-17(10-8-16)21(3,4)5)24-13-19(26)25-22(6,14-23)18-11-12-18/h7-10,15,18,20,24H,11-13H2,1-6H3,(H,25,26)/p+1/t20-,22-/m0/s1. The van der Waals surface area contributed by atoms with Crippen LogP contribution >= 0.6 is 0 Å². The Kier molecular flexibility index (Phi) is 6.13. The van der Waals surface area contributed by atoms with Crippen LogP contribution in [0, 0.1) is 23.2 Å². The van der Waals surface area contributed by atoms with Gasteiger partial charge in [0.05, 0.1) is 6.07 Å². The van der Waals surface area contributed by atoms with Crippen LogP contribution in [0.25, 0.3) is 0 Å². The quantitative estimate of drug-likeness (QED) is 0.788. The van der Waals surface area contributed by atoms with Crippen LogP contribution in [0.1, 0.15) is 71.6 Å². The lowest BCUT2D eigenvalue weighted by molar-refractivity contribution is -0.692. The minimum atomic E-state index is -0.716. The third-order valence-electron chi connectivity index (χ3n) is 5.46. The van der Waals surface area contributed by atoms with E-state index in [9.17, 15) is 10.1 Å². The molecule has 1 saturated carbocycles. The van der Waals surface area contributed by atoms with Gasteiger partial charge in [-0.3, -0.25) is 4.79 Å². The Bertz CT molecular complexity index is 662. The van der Waals surface area contributed by atoms with Crippen molar-refractivity contribution in [1.29, 1.82) is 5.26 Å². The average molecular weight is 357 g/mol. The number of carbonyl (C=O) groups is 1. The molecule has 1 aliphatic carbocycles. The number of nitrogens with one attached hydrogen (secondary N) is 1. The van der Waals surface area contributed by atoms with Gasteiger partial charge in [-0.15, -0.1) is 0 Å². The molecule has 142 valence electrons. The molecule has 0 saturated heterocycles. The second-order valence-corrected chi connectivity index (χ2v) is 9.22. The molecule has 2 rings (SSSR count). The van der Waals surface area contributed by atoms with Gasteiger partial charge >= 0.3 is 0 Å². The van der Waals surface area contributed by atoms with Gasteiger partial charge in [-0.25, -0.2) is 0 Å². The smallest absolute Gasteiger partial charge is 0.276 e. The van der Waals surface area contributed by atoms with Crippen LogP contribution in [0.4, 0.5) is 0 Å². The molecule has 4 heteroatoms. The number of benzene rings is 1. The Morgan fingerprint density at radius 3 is 2.23 bits per heavy atom. The molecule has 0 aliphatic heterocycles. The molecule has 1 aromatic rings.